The average Bonchev–Trinajstić information content (AvgIpc) is 2.86. The van der Waals surface area contributed by atoms with Gasteiger partial charge in [-0.05, 0) is 25.5 Å². The van der Waals surface area contributed by atoms with E-state index in [9.17, 15) is 9.59 Å². The second-order valence-corrected chi connectivity index (χ2v) is 6.93. The van der Waals surface area contributed by atoms with Crippen molar-refractivity contribution in [3.05, 3.63) is 68.4 Å². The molecule has 0 radical (unpaired) electrons. The van der Waals surface area contributed by atoms with E-state index in [4.69, 9.17) is 0 Å². The van der Waals surface area contributed by atoms with Gasteiger partial charge in [0.2, 0.25) is 0 Å². The van der Waals surface area contributed by atoms with E-state index in [1.807, 2.05) is 44.2 Å². The molecular formula is C18H18N2O2S. The zero-order chi connectivity index (χ0) is 16.6. The molecule has 0 aliphatic rings. The van der Waals surface area contributed by atoms with E-state index in [-0.39, 0.29) is 11.5 Å². The number of aromatic nitrogens is 1. The lowest BCUT2D eigenvalue weighted by atomic mass is 10.1. The van der Waals surface area contributed by atoms with Crippen LogP contribution in [0.4, 0.5) is 0 Å². The maximum Gasteiger partial charge on any atom is 0.259 e. The lowest BCUT2D eigenvalue weighted by molar-refractivity contribution is 0.0952. The monoisotopic (exact) mass is 326 g/mol. The molecule has 1 amide bonds. The quantitative estimate of drug-likeness (QED) is 0.804. The Bertz CT molecular complexity index is 953. The number of fused-ring (bicyclic) bond motifs is 1. The van der Waals surface area contributed by atoms with Gasteiger partial charge in [0.25, 0.3) is 11.5 Å². The van der Waals surface area contributed by atoms with Crippen LogP contribution in [0.5, 0.6) is 0 Å². The first-order valence-corrected chi connectivity index (χ1v) is 8.21. The van der Waals surface area contributed by atoms with Crippen LogP contribution in [-0.2, 0) is 13.6 Å². The zero-order valence-electron chi connectivity index (χ0n) is 13.3. The molecule has 0 spiro atoms. The molecule has 5 heteroatoms. The van der Waals surface area contributed by atoms with Crippen molar-refractivity contribution in [1.29, 1.82) is 0 Å². The van der Waals surface area contributed by atoms with Crippen molar-refractivity contribution in [1.82, 2.24) is 9.88 Å². The predicted molar refractivity (Wildman–Crippen MR) is 94.2 cm³/mol. The third-order valence-electron chi connectivity index (χ3n) is 3.86. The highest BCUT2D eigenvalue weighted by atomic mass is 32.1. The molecule has 0 fully saturated rings. The minimum Gasteiger partial charge on any atom is -0.348 e. The molecule has 2 heterocycles. The molecule has 118 valence electrons. The fraction of sp³-hybridized carbons (Fsp3) is 0.222. The molecule has 1 aromatic carbocycles. The number of nitrogens with zero attached hydrogens (tertiary/aromatic N) is 1. The summed E-state index contributed by atoms with van der Waals surface area (Å²) in [6.07, 6.45) is 1.73. The molecule has 23 heavy (non-hydrogen) atoms. The summed E-state index contributed by atoms with van der Waals surface area (Å²) in [5.74, 6) is -0.196. The summed E-state index contributed by atoms with van der Waals surface area (Å²) in [5, 5.41) is 3.44. The van der Waals surface area contributed by atoms with Gasteiger partial charge in [-0.25, -0.2) is 0 Å². The maximum atomic E-state index is 12.6. The highest BCUT2D eigenvalue weighted by Gasteiger charge is 2.19. The summed E-state index contributed by atoms with van der Waals surface area (Å²) in [4.78, 5) is 25.9. The fourth-order valence-electron chi connectivity index (χ4n) is 2.69. The van der Waals surface area contributed by atoms with Gasteiger partial charge in [-0.2, -0.15) is 0 Å². The first-order valence-electron chi connectivity index (χ1n) is 7.40. The molecule has 0 saturated carbocycles. The van der Waals surface area contributed by atoms with Crippen LogP contribution >= 0.6 is 11.3 Å². The van der Waals surface area contributed by atoms with Crippen molar-refractivity contribution in [3.63, 3.8) is 0 Å². The van der Waals surface area contributed by atoms with Crippen molar-refractivity contribution in [3.8, 4) is 0 Å². The second-order valence-electron chi connectivity index (χ2n) is 5.68. The van der Waals surface area contributed by atoms with Crippen LogP contribution < -0.4 is 10.9 Å². The first-order chi connectivity index (χ1) is 11.0. The Morgan fingerprint density at radius 2 is 2.04 bits per heavy atom. The molecule has 4 nitrogen and oxygen atoms in total. The van der Waals surface area contributed by atoms with Gasteiger partial charge in [0.05, 0.1) is 10.9 Å². The molecule has 1 N–H and O–H groups in total. The van der Waals surface area contributed by atoms with Gasteiger partial charge in [0.15, 0.2) is 0 Å². The van der Waals surface area contributed by atoms with Crippen molar-refractivity contribution in [2.24, 2.45) is 7.05 Å². The van der Waals surface area contributed by atoms with Gasteiger partial charge >= 0.3 is 0 Å². The summed E-state index contributed by atoms with van der Waals surface area (Å²) in [7, 11) is 1.70. The van der Waals surface area contributed by atoms with Gasteiger partial charge in [0, 0.05) is 29.4 Å². The Hall–Kier alpha value is -2.40. The summed E-state index contributed by atoms with van der Waals surface area (Å²) in [6, 6.07) is 9.89. The van der Waals surface area contributed by atoms with Crippen molar-refractivity contribution >= 4 is 27.3 Å². The Morgan fingerprint density at radius 3 is 2.78 bits per heavy atom. The standard InChI is InChI=1S/C18H18N2O2S/c1-11-5-4-6-13(9-11)10-19-17(21)15-12(2)23-14-7-8-20(3)18(22)16(14)15/h4-9H,10H2,1-3H3,(H,19,21). The Morgan fingerprint density at radius 1 is 1.26 bits per heavy atom. The van der Waals surface area contributed by atoms with E-state index in [1.54, 1.807) is 13.2 Å². The number of thiophene rings is 1. The smallest absolute Gasteiger partial charge is 0.259 e. The fourth-order valence-corrected chi connectivity index (χ4v) is 3.73. The highest BCUT2D eigenvalue weighted by molar-refractivity contribution is 7.19. The van der Waals surface area contributed by atoms with E-state index < -0.39 is 0 Å². The summed E-state index contributed by atoms with van der Waals surface area (Å²) in [5.41, 5.74) is 2.57. The molecule has 3 rings (SSSR count). The summed E-state index contributed by atoms with van der Waals surface area (Å²) >= 11 is 1.48. The number of carbonyl (C=O) groups excluding carboxylic acids is 1. The molecule has 0 aliphatic carbocycles. The Kier molecular flexibility index (Phi) is 4.05. The molecule has 0 saturated heterocycles. The number of rotatable bonds is 3. The number of nitrogens with one attached hydrogen (secondary N) is 1. The molecular weight excluding hydrogens is 308 g/mol. The Balaban J connectivity index is 1.93. The lowest BCUT2D eigenvalue weighted by Gasteiger charge is -2.07. The van der Waals surface area contributed by atoms with Crippen molar-refractivity contribution in [2.75, 3.05) is 0 Å². The van der Waals surface area contributed by atoms with Crippen LogP contribution in [0.2, 0.25) is 0 Å². The van der Waals surface area contributed by atoms with E-state index in [2.05, 4.69) is 5.32 Å². The van der Waals surface area contributed by atoms with Crippen LogP contribution in [0.3, 0.4) is 0 Å². The van der Waals surface area contributed by atoms with Gasteiger partial charge in [-0.1, -0.05) is 29.8 Å². The normalized spacial score (nSPS) is 10.9. The van der Waals surface area contributed by atoms with E-state index >= 15 is 0 Å². The van der Waals surface area contributed by atoms with Crippen LogP contribution in [0.25, 0.3) is 10.1 Å². The predicted octanol–water partition coefficient (Wildman–Crippen LogP) is 3.15. The summed E-state index contributed by atoms with van der Waals surface area (Å²) < 4.78 is 2.36. The molecule has 0 atom stereocenters. The Labute approximate surface area is 138 Å². The largest absolute Gasteiger partial charge is 0.348 e. The third-order valence-corrected chi connectivity index (χ3v) is 4.93. The van der Waals surface area contributed by atoms with Gasteiger partial charge in [-0.3, -0.25) is 9.59 Å². The minimum absolute atomic E-state index is 0.132. The third kappa shape index (κ3) is 2.92. The van der Waals surface area contributed by atoms with Crippen LogP contribution in [0.15, 0.2) is 41.3 Å². The number of aryl methyl sites for hydroxylation is 3. The molecule has 0 unspecified atom stereocenters. The topological polar surface area (TPSA) is 51.1 Å². The average molecular weight is 326 g/mol. The van der Waals surface area contributed by atoms with Gasteiger partial charge in [0.1, 0.15) is 0 Å². The lowest BCUT2D eigenvalue weighted by Crippen LogP contribution is -2.25. The van der Waals surface area contributed by atoms with Gasteiger partial charge in [-0.15, -0.1) is 11.3 Å². The van der Waals surface area contributed by atoms with E-state index in [0.717, 1.165) is 20.7 Å². The van der Waals surface area contributed by atoms with E-state index in [1.165, 1.54) is 15.9 Å². The number of hydrogen-bond acceptors (Lipinski definition) is 3. The number of carbonyl (C=O) groups is 1. The number of benzene rings is 1. The van der Waals surface area contributed by atoms with Crippen LogP contribution in [-0.4, -0.2) is 10.5 Å². The summed E-state index contributed by atoms with van der Waals surface area (Å²) in [6.45, 7) is 4.35. The maximum absolute atomic E-state index is 12.6. The van der Waals surface area contributed by atoms with Crippen LogP contribution in [0, 0.1) is 13.8 Å². The van der Waals surface area contributed by atoms with Crippen molar-refractivity contribution in [2.45, 2.75) is 20.4 Å². The molecule has 3 aromatic rings. The van der Waals surface area contributed by atoms with Gasteiger partial charge < -0.3 is 9.88 Å². The van der Waals surface area contributed by atoms with Crippen molar-refractivity contribution < 1.29 is 4.79 Å². The number of pyridine rings is 1. The SMILES string of the molecule is Cc1cccc(CNC(=O)c2c(C)sc3ccn(C)c(=O)c23)c1. The minimum atomic E-state index is -0.196. The molecule has 0 aliphatic heterocycles. The first kappa shape index (κ1) is 15.5. The zero-order valence-corrected chi connectivity index (χ0v) is 14.2. The number of amides is 1. The highest BCUT2D eigenvalue weighted by Crippen LogP contribution is 2.28. The van der Waals surface area contributed by atoms with E-state index in [0.29, 0.717) is 17.5 Å². The molecule has 2 aromatic heterocycles. The molecule has 0 bridgehead atoms. The second kappa shape index (κ2) is 6.01. The van der Waals surface area contributed by atoms with Crippen LogP contribution in [0.1, 0.15) is 26.4 Å². The number of hydrogen-bond donors (Lipinski definition) is 1.